The Labute approximate surface area is 206 Å². The van der Waals surface area contributed by atoms with Crippen LogP contribution in [-0.4, -0.2) is 65.5 Å². The lowest BCUT2D eigenvalue weighted by Gasteiger charge is -2.28. The van der Waals surface area contributed by atoms with Crippen LogP contribution >= 0.6 is 0 Å². The predicted octanol–water partition coefficient (Wildman–Crippen LogP) is 3.93. The Bertz CT molecular complexity index is 1170. The molecule has 1 aliphatic heterocycles. The second-order valence-corrected chi connectivity index (χ2v) is 7.54. The summed E-state index contributed by atoms with van der Waals surface area (Å²) in [4.78, 5) is 33.6. The van der Waals surface area contributed by atoms with Gasteiger partial charge in [0.05, 0.1) is 24.1 Å². The zero-order valence-corrected chi connectivity index (χ0v) is 19.2. The van der Waals surface area contributed by atoms with Gasteiger partial charge in [-0.2, -0.15) is 26.3 Å². The first kappa shape index (κ1) is 29.2. The van der Waals surface area contributed by atoms with Gasteiger partial charge in [-0.3, -0.25) is 14.9 Å². The maximum Gasteiger partial charge on any atom is 0.490 e. The second kappa shape index (κ2) is 12.3. The first-order chi connectivity index (χ1) is 17.2. The molecule has 9 nitrogen and oxygen atoms in total. The molecule has 37 heavy (non-hydrogen) atoms. The lowest BCUT2D eigenvalue weighted by Crippen LogP contribution is -2.33. The fraction of sp³-hybridized carbons (Fsp3) is 0.318. The number of nitrogens with zero attached hydrogens (tertiary/aromatic N) is 5. The molecule has 0 fully saturated rings. The highest BCUT2D eigenvalue weighted by atomic mass is 19.4. The van der Waals surface area contributed by atoms with Gasteiger partial charge in [0.25, 0.3) is 0 Å². The van der Waals surface area contributed by atoms with E-state index >= 15 is 0 Å². The van der Waals surface area contributed by atoms with Crippen molar-refractivity contribution >= 4 is 11.9 Å². The molecule has 0 radical (unpaired) electrons. The standard InChI is InChI=1S/C18H19N5.2C2HF3O2/c1-14-4-2-6-16(21-14)12-22-8-9-23-17(11-20-18(23)13-22)15-5-3-7-19-10-15;2*3-2(4,5)1(6)7/h2-7,10-11H,8-9,12-13H2,1H3;2*(H,6,7). The smallest absolute Gasteiger partial charge is 0.475 e. The quantitative estimate of drug-likeness (QED) is 0.486. The highest BCUT2D eigenvalue weighted by Crippen LogP contribution is 2.23. The third kappa shape index (κ3) is 9.18. The maximum atomic E-state index is 10.6. The number of halogens is 6. The summed E-state index contributed by atoms with van der Waals surface area (Å²) < 4.78 is 65.8. The van der Waals surface area contributed by atoms with Crippen molar-refractivity contribution in [3.05, 3.63) is 66.1 Å². The molecule has 0 spiro atoms. The molecule has 0 saturated heterocycles. The van der Waals surface area contributed by atoms with E-state index in [4.69, 9.17) is 19.8 Å². The lowest BCUT2D eigenvalue weighted by molar-refractivity contribution is -0.193. The minimum Gasteiger partial charge on any atom is -0.475 e. The zero-order chi connectivity index (χ0) is 27.8. The van der Waals surface area contributed by atoms with Gasteiger partial charge in [0.1, 0.15) is 5.82 Å². The summed E-state index contributed by atoms with van der Waals surface area (Å²) in [6.07, 6.45) is -4.51. The number of carbonyl (C=O) groups is 2. The minimum atomic E-state index is -5.08. The molecule has 15 heteroatoms. The van der Waals surface area contributed by atoms with Crippen molar-refractivity contribution in [1.82, 2.24) is 24.4 Å². The van der Waals surface area contributed by atoms with Crippen LogP contribution in [0.2, 0.25) is 0 Å². The highest BCUT2D eigenvalue weighted by molar-refractivity contribution is 5.73. The minimum absolute atomic E-state index is 0.857. The van der Waals surface area contributed by atoms with Crippen LogP contribution in [0.15, 0.2) is 48.9 Å². The molecule has 4 heterocycles. The monoisotopic (exact) mass is 533 g/mol. The summed E-state index contributed by atoms with van der Waals surface area (Å²) in [5.74, 6) is -4.40. The molecule has 1 aliphatic rings. The number of hydrogen-bond acceptors (Lipinski definition) is 6. The van der Waals surface area contributed by atoms with Crippen LogP contribution in [0.5, 0.6) is 0 Å². The number of pyridine rings is 2. The van der Waals surface area contributed by atoms with Crippen LogP contribution in [0, 0.1) is 6.92 Å². The molecule has 3 aromatic rings. The molecule has 0 unspecified atom stereocenters. The molecule has 0 amide bonds. The Morgan fingerprint density at radius 1 is 0.946 bits per heavy atom. The third-order valence-electron chi connectivity index (χ3n) is 4.72. The van der Waals surface area contributed by atoms with Gasteiger partial charge in [-0.1, -0.05) is 6.07 Å². The number of aliphatic carboxylic acids is 2. The number of carboxylic acid groups (broad SMARTS) is 2. The van der Waals surface area contributed by atoms with Gasteiger partial charge in [-0.25, -0.2) is 14.6 Å². The molecular weight excluding hydrogens is 512 g/mol. The molecule has 0 bridgehead atoms. The van der Waals surface area contributed by atoms with Gasteiger partial charge in [-0.05, 0) is 31.2 Å². The molecule has 2 N–H and O–H groups in total. The van der Waals surface area contributed by atoms with Crippen molar-refractivity contribution in [3.63, 3.8) is 0 Å². The van der Waals surface area contributed by atoms with Gasteiger partial charge < -0.3 is 14.8 Å². The van der Waals surface area contributed by atoms with E-state index in [1.165, 1.54) is 0 Å². The first-order valence-electron chi connectivity index (χ1n) is 10.4. The van der Waals surface area contributed by atoms with E-state index in [0.717, 1.165) is 54.6 Å². The Balaban J connectivity index is 0.000000286. The number of carboxylic acids is 2. The number of fused-ring (bicyclic) bond motifs is 1. The van der Waals surface area contributed by atoms with Crippen LogP contribution < -0.4 is 0 Å². The molecule has 3 aromatic heterocycles. The van der Waals surface area contributed by atoms with Gasteiger partial charge >= 0.3 is 24.3 Å². The van der Waals surface area contributed by atoms with Crippen molar-refractivity contribution in [1.29, 1.82) is 0 Å². The molecule has 200 valence electrons. The zero-order valence-electron chi connectivity index (χ0n) is 19.2. The molecule has 4 rings (SSSR count). The summed E-state index contributed by atoms with van der Waals surface area (Å²) in [5.41, 5.74) is 4.47. The lowest BCUT2D eigenvalue weighted by atomic mass is 10.2. The topological polar surface area (TPSA) is 121 Å². The molecule has 0 atom stereocenters. The van der Waals surface area contributed by atoms with Crippen LogP contribution in [0.3, 0.4) is 0 Å². The molecule has 0 aliphatic carbocycles. The molecule has 0 aromatic carbocycles. The van der Waals surface area contributed by atoms with Gasteiger partial charge in [0, 0.05) is 43.3 Å². The SMILES string of the molecule is Cc1cccc(CN2CCn3c(-c4cccnc4)cnc3C2)n1.O=C(O)C(F)(F)F.O=C(O)C(F)(F)F. The Hall–Kier alpha value is -4.01. The van der Waals surface area contributed by atoms with Crippen LogP contribution in [0.1, 0.15) is 17.2 Å². The average molecular weight is 533 g/mol. The normalized spacial score (nSPS) is 13.4. The van der Waals surface area contributed by atoms with Gasteiger partial charge in [0.2, 0.25) is 0 Å². The summed E-state index contributed by atoms with van der Waals surface area (Å²) in [5, 5.41) is 14.2. The van der Waals surface area contributed by atoms with Gasteiger partial charge in [-0.15, -0.1) is 0 Å². The van der Waals surface area contributed by atoms with E-state index in [0.29, 0.717) is 0 Å². The summed E-state index contributed by atoms with van der Waals surface area (Å²) >= 11 is 0. The van der Waals surface area contributed by atoms with Crippen LogP contribution in [0.4, 0.5) is 26.3 Å². The van der Waals surface area contributed by atoms with E-state index in [1.54, 1.807) is 6.20 Å². The van der Waals surface area contributed by atoms with E-state index in [1.807, 2.05) is 31.5 Å². The van der Waals surface area contributed by atoms with Crippen molar-refractivity contribution in [2.45, 2.75) is 38.9 Å². The summed E-state index contributed by atoms with van der Waals surface area (Å²) in [7, 11) is 0. The number of aryl methyl sites for hydroxylation is 1. The van der Waals surface area contributed by atoms with E-state index < -0.39 is 24.3 Å². The van der Waals surface area contributed by atoms with Crippen molar-refractivity contribution in [3.8, 4) is 11.3 Å². The number of rotatable bonds is 3. The van der Waals surface area contributed by atoms with E-state index in [2.05, 4.69) is 42.6 Å². The first-order valence-corrected chi connectivity index (χ1v) is 10.4. The number of alkyl halides is 6. The average Bonchev–Trinajstić information content (AvgIpc) is 3.22. The van der Waals surface area contributed by atoms with Crippen LogP contribution in [0.25, 0.3) is 11.3 Å². The highest BCUT2D eigenvalue weighted by Gasteiger charge is 2.38. The Morgan fingerprint density at radius 2 is 1.57 bits per heavy atom. The number of aromatic nitrogens is 4. The maximum absolute atomic E-state index is 10.6. The van der Waals surface area contributed by atoms with Crippen LogP contribution in [-0.2, 0) is 29.2 Å². The molecule has 0 saturated carbocycles. The Kier molecular flexibility index (Phi) is 9.71. The third-order valence-corrected chi connectivity index (χ3v) is 4.72. The van der Waals surface area contributed by atoms with Gasteiger partial charge in [0.15, 0.2) is 0 Å². The number of imidazole rings is 1. The second-order valence-electron chi connectivity index (χ2n) is 7.54. The fourth-order valence-electron chi connectivity index (χ4n) is 3.11. The van der Waals surface area contributed by atoms with E-state index in [-0.39, 0.29) is 0 Å². The van der Waals surface area contributed by atoms with Crippen molar-refractivity contribution in [2.75, 3.05) is 6.54 Å². The van der Waals surface area contributed by atoms with Crippen molar-refractivity contribution < 1.29 is 46.1 Å². The molecular formula is C22H21F6N5O4. The summed E-state index contributed by atoms with van der Waals surface area (Å²) in [6.45, 7) is 5.72. The fourth-order valence-corrected chi connectivity index (χ4v) is 3.11. The van der Waals surface area contributed by atoms with Crippen molar-refractivity contribution in [2.24, 2.45) is 0 Å². The number of hydrogen-bond donors (Lipinski definition) is 2. The predicted molar refractivity (Wildman–Crippen MR) is 116 cm³/mol. The summed E-state index contributed by atoms with van der Waals surface area (Å²) in [6, 6.07) is 10.2. The largest absolute Gasteiger partial charge is 0.490 e. The Morgan fingerprint density at radius 3 is 2.08 bits per heavy atom. The van der Waals surface area contributed by atoms with E-state index in [9.17, 15) is 26.3 Å².